The Morgan fingerprint density at radius 1 is 1.15 bits per heavy atom. The number of aliphatic hydroxyl groups is 1. The third-order valence-electron chi connectivity index (χ3n) is 7.34. The minimum Gasteiger partial charge on any atom is -0.489 e. The molecule has 4 aromatic rings. The number of benzene rings is 1. The average Bonchev–Trinajstić information content (AvgIpc) is 3.77. The first-order valence-corrected chi connectivity index (χ1v) is 17.0. The number of amides is 2. The summed E-state index contributed by atoms with van der Waals surface area (Å²) in [7, 11) is 0. The standard InChI is InChI=1S/C32H31IN6O6S/c33-8-13-44-14-15-45-25-18-37-28(31-38-24(19-46-31)30(42)35-9-12-40)27-26(25)23(17-36-27)29(41)32(43)39-10-6-21(7-11-39)22(16-34)20-4-2-1-3-5-20/h1-5,17-19,36,40H,6-15H2,(H,35,42). The number of thiazole rings is 1. The number of aliphatic hydroxyl groups excluding tert-OH is 1. The summed E-state index contributed by atoms with van der Waals surface area (Å²) in [6.07, 6.45) is 3.92. The molecule has 0 spiro atoms. The summed E-state index contributed by atoms with van der Waals surface area (Å²) in [5.74, 6) is -1.48. The summed E-state index contributed by atoms with van der Waals surface area (Å²) < 4.78 is 12.3. The van der Waals surface area contributed by atoms with Crippen LogP contribution in [0.15, 0.2) is 53.7 Å². The van der Waals surface area contributed by atoms with E-state index in [4.69, 9.17) is 14.6 Å². The predicted octanol–water partition coefficient (Wildman–Crippen LogP) is 4.02. The maximum atomic E-state index is 13.8. The van der Waals surface area contributed by atoms with Crippen molar-refractivity contribution in [1.82, 2.24) is 25.2 Å². The topological polar surface area (TPSA) is 171 Å². The van der Waals surface area contributed by atoms with Gasteiger partial charge in [0, 0.05) is 35.6 Å². The number of nitrogens with one attached hydrogen (secondary N) is 2. The van der Waals surface area contributed by atoms with E-state index in [2.05, 4.69) is 48.9 Å². The lowest BCUT2D eigenvalue weighted by atomic mass is 9.93. The molecule has 1 fully saturated rings. The number of alkyl halides is 1. The molecule has 1 aromatic carbocycles. The number of pyridine rings is 1. The van der Waals surface area contributed by atoms with Crippen molar-refractivity contribution < 1.29 is 29.0 Å². The van der Waals surface area contributed by atoms with E-state index in [0.29, 0.717) is 72.1 Å². The average molecular weight is 755 g/mol. The summed E-state index contributed by atoms with van der Waals surface area (Å²) in [5, 5.41) is 23.8. The van der Waals surface area contributed by atoms with E-state index >= 15 is 0 Å². The lowest BCUT2D eigenvalue weighted by Gasteiger charge is -2.28. The molecule has 3 N–H and O–H groups in total. The van der Waals surface area contributed by atoms with E-state index < -0.39 is 17.6 Å². The van der Waals surface area contributed by atoms with Crippen molar-refractivity contribution in [2.75, 3.05) is 50.5 Å². The number of aromatic amines is 1. The lowest BCUT2D eigenvalue weighted by Crippen LogP contribution is -2.40. The molecule has 0 bridgehead atoms. The van der Waals surface area contributed by atoms with Crippen LogP contribution >= 0.6 is 33.9 Å². The van der Waals surface area contributed by atoms with Gasteiger partial charge in [-0.05, 0) is 24.0 Å². The Morgan fingerprint density at radius 3 is 2.65 bits per heavy atom. The van der Waals surface area contributed by atoms with Crippen LogP contribution in [0.25, 0.3) is 27.2 Å². The van der Waals surface area contributed by atoms with Crippen molar-refractivity contribution in [1.29, 1.82) is 5.26 Å². The molecule has 0 atom stereocenters. The highest BCUT2D eigenvalue weighted by Crippen LogP contribution is 2.36. The Balaban J connectivity index is 1.41. The molecule has 1 aliphatic heterocycles. The normalized spacial score (nSPS) is 13.0. The molecule has 1 saturated heterocycles. The Hall–Kier alpha value is -4.17. The Kier molecular flexibility index (Phi) is 11.5. The van der Waals surface area contributed by atoms with Gasteiger partial charge >= 0.3 is 0 Å². The number of allylic oxidation sites excluding steroid dienone is 1. The SMILES string of the molecule is N#CC(=C1CCN(C(=O)C(=O)c2c[nH]c3c(-c4nc(C(=O)NCCO)cs4)ncc(OCCOCCI)c23)CC1)c1ccccc1. The number of carbonyl (C=O) groups excluding carboxylic acids is 3. The third-order valence-corrected chi connectivity index (χ3v) is 8.63. The first-order valence-electron chi connectivity index (χ1n) is 14.6. The number of ether oxygens (including phenoxy) is 2. The fourth-order valence-corrected chi connectivity index (χ4v) is 6.24. The van der Waals surface area contributed by atoms with Crippen molar-refractivity contribution in [3.63, 3.8) is 0 Å². The number of likely N-dealkylation sites (tertiary alicyclic amines) is 1. The molecular weight excluding hydrogens is 723 g/mol. The fourth-order valence-electron chi connectivity index (χ4n) is 5.12. The number of ketones is 1. The number of rotatable bonds is 13. The van der Waals surface area contributed by atoms with Gasteiger partial charge in [0.25, 0.3) is 17.6 Å². The fraction of sp³-hybridized carbons (Fsp3) is 0.312. The number of fused-ring (bicyclic) bond motifs is 1. The van der Waals surface area contributed by atoms with Crippen LogP contribution in [0, 0.1) is 11.3 Å². The van der Waals surface area contributed by atoms with Gasteiger partial charge < -0.3 is 29.8 Å². The summed E-state index contributed by atoms with van der Waals surface area (Å²) in [5.41, 5.74) is 3.52. The Labute approximate surface area is 282 Å². The van der Waals surface area contributed by atoms with Gasteiger partial charge in [0.1, 0.15) is 28.8 Å². The van der Waals surface area contributed by atoms with Crippen molar-refractivity contribution in [3.05, 3.63) is 70.5 Å². The number of hydrogen-bond acceptors (Lipinski definition) is 10. The Morgan fingerprint density at radius 2 is 1.93 bits per heavy atom. The summed E-state index contributed by atoms with van der Waals surface area (Å²) in [6, 6.07) is 11.7. The highest BCUT2D eigenvalue weighted by Gasteiger charge is 2.30. The van der Waals surface area contributed by atoms with Crippen LogP contribution in [0.2, 0.25) is 0 Å². The molecule has 14 heteroatoms. The van der Waals surface area contributed by atoms with Gasteiger partial charge in [0.15, 0.2) is 0 Å². The molecule has 238 valence electrons. The van der Waals surface area contributed by atoms with Gasteiger partial charge in [-0.1, -0.05) is 52.9 Å². The highest BCUT2D eigenvalue weighted by molar-refractivity contribution is 14.1. The van der Waals surface area contributed by atoms with Crippen molar-refractivity contribution in [2.45, 2.75) is 12.8 Å². The largest absolute Gasteiger partial charge is 0.489 e. The molecule has 0 saturated carbocycles. The maximum absolute atomic E-state index is 13.8. The number of nitrogens with zero attached hydrogens (tertiary/aromatic N) is 4. The first-order chi connectivity index (χ1) is 22.5. The number of piperidine rings is 1. The summed E-state index contributed by atoms with van der Waals surface area (Å²) >= 11 is 3.41. The minimum atomic E-state index is -0.700. The third kappa shape index (κ3) is 7.44. The van der Waals surface area contributed by atoms with Gasteiger partial charge in [0.2, 0.25) is 0 Å². The number of H-pyrrole nitrogens is 1. The van der Waals surface area contributed by atoms with E-state index in [1.54, 1.807) is 5.38 Å². The van der Waals surface area contributed by atoms with Crippen LogP contribution in [-0.2, 0) is 9.53 Å². The van der Waals surface area contributed by atoms with Crippen LogP contribution in [0.4, 0.5) is 0 Å². The second-order valence-corrected chi connectivity index (χ2v) is 12.1. The highest BCUT2D eigenvalue weighted by atomic mass is 127. The number of halogens is 1. The van der Waals surface area contributed by atoms with E-state index in [9.17, 15) is 19.6 Å². The minimum absolute atomic E-state index is 0.0963. The van der Waals surface area contributed by atoms with Crippen molar-refractivity contribution in [3.8, 4) is 22.5 Å². The number of Topliss-reactive ketones (excluding diaryl/α,β-unsaturated/α-hetero) is 1. The second kappa shape index (κ2) is 15.9. The Bertz CT molecular complexity index is 1790. The van der Waals surface area contributed by atoms with Gasteiger partial charge in [-0.25, -0.2) is 9.97 Å². The first kappa shape index (κ1) is 33.2. The zero-order chi connectivity index (χ0) is 32.5. The monoisotopic (exact) mass is 754 g/mol. The second-order valence-electron chi connectivity index (χ2n) is 10.2. The van der Waals surface area contributed by atoms with E-state index in [0.717, 1.165) is 15.6 Å². The van der Waals surface area contributed by atoms with Gasteiger partial charge in [0.05, 0.1) is 54.1 Å². The van der Waals surface area contributed by atoms with Crippen molar-refractivity contribution >= 4 is 68.0 Å². The molecule has 46 heavy (non-hydrogen) atoms. The van der Waals surface area contributed by atoms with Crippen LogP contribution in [0.1, 0.15) is 39.3 Å². The number of aromatic nitrogens is 3. The molecule has 5 rings (SSSR count). The lowest BCUT2D eigenvalue weighted by molar-refractivity contribution is -0.126. The molecule has 3 aromatic heterocycles. The van der Waals surface area contributed by atoms with E-state index in [1.807, 2.05) is 30.3 Å². The van der Waals surface area contributed by atoms with Crippen LogP contribution in [0.5, 0.6) is 5.75 Å². The van der Waals surface area contributed by atoms with E-state index in [1.165, 1.54) is 28.6 Å². The van der Waals surface area contributed by atoms with Crippen molar-refractivity contribution in [2.24, 2.45) is 0 Å². The molecule has 0 aliphatic carbocycles. The van der Waals surface area contributed by atoms with Crippen LogP contribution in [-0.4, -0.2) is 93.0 Å². The van der Waals surface area contributed by atoms with Crippen LogP contribution < -0.4 is 10.1 Å². The predicted molar refractivity (Wildman–Crippen MR) is 181 cm³/mol. The molecule has 2 amide bonds. The van der Waals surface area contributed by atoms with Crippen LogP contribution in [0.3, 0.4) is 0 Å². The quantitative estimate of drug-likeness (QED) is 0.0456. The molecule has 0 unspecified atom stereocenters. The van der Waals surface area contributed by atoms with Gasteiger partial charge in [-0.2, -0.15) is 5.26 Å². The van der Waals surface area contributed by atoms with Gasteiger partial charge in [-0.3, -0.25) is 14.4 Å². The number of hydrogen-bond donors (Lipinski definition) is 3. The van der Waals surface area contributed by atoms with Gasteiger partial charge in [-0.15, -0.1) is 11.3 Å². The zero-order valence-corrected chi connectivity index (χ0v) is 27.7. The number of nitriles is 1. The summed E-state index contributed by atoms with van der Waals surface area (Å²) in [4.78, 5) is 53.2. The zero-order valence-electron chi connectivity index (χ0n) is 24.8. The molecule has 0 radical (unpaired) electrons. The number of carbonyl (C=O) groups is 3. The molecule has 12 nitrogen and oxygen atoms in total. The molecule has 4 heterocycles. The molecular formula is C32H31IN6O6S. The molecule has 1 aliphatic rings. The maximum Gasteiger partial charge on any atom is 0.295 e. The smallest absolute Gasteiger partial charge is 0.295 e. The van der Waals surface area contributed by atoms with E-state index in [-0.39, 0.29) is 31.0 Å². The summed E-state index contributed by atoms with van der Waals surface area (Å²) in [6.45, 7) is 1.63.